The predicted octanol–water partition coefficient (Wildman–Crippen LogP) is 2.56. The number of rotatable bonds is 6. The van der Waals surface area contributed by atoms with Gasteiger partial charge in [-0.15, -0.1) is 0 Å². The number of carboxylic acids is 1. The van der Waals surface area contributed by atoms with Gasteiger partial charge in [-0.05, 0) is 30.7 Å². The van der Waals surface area contributed by atoms with Gasteiger partial charge in [-0.25, -0.2) is 4.79 Å². The van der Waals surface area contributed by atoms with E-state index < -0.39 is 18.6 Å². The van der Waals surface area contributed by atoms with E-state index in [4.69, 9.17) is 5.11 Å². The number of carboxylic acid groups (broad SMARTS) is 1. The number of benzene rings is 1. The van der Waals surface area contributed by atoms with Gasteiger partial charge in [-0.3, -0.25) is 0 Å². The van der Waals surface area contributed by atoms with Gasteiger partial charge in [0.1, 0.15) is 11.8 Å². The average molecular weight is 245 g/mol. The molecule has 0 aliphatic rings. The summed E-state index contributed by atoms with van der Waals surface area (Å²) in [6, 6.07) is 4.98. The van der Waals surface area contributed by atoms with E-state index in [1.807, 2.05) is 0 Å². The van der Waals surface area contributed by atoms with E-state index >= 15 is 0 Å². The summed E-state index contributed by atoms with van der Waals surface area (Å²) in [6.45, 7) is -1.13. The van der Waals surface area contributed by atoms with Crippen molar-refractivity contribution in [2.75, 3.05) is 5.32 Å². The second-order valence-corrected chi connectivity index (χ2v) is 3.35. The highest BCUT2D eigenvalue weighted by Crippen LogP contribution is 2.18. The van der Waals surface area contributed by atoms with Crippen molar-refractivity contribution in [2.24, 2.45) is 0 Å². The van der Waals surface area contributed by atoms with E-state index in [-0.39, 0.29) is 5.75 Å². The van der Waals surface area contributed by atoms with E-state index in [0.29, 0.717) is 12.1 Å². The maximum atomic E-state index is 11.9. The van der Waals surface area contributed by atoms with Crippen molar-refractivity contribution in [1.82, 2.24) is 0 Å². The average Bonchev–Trinajstić information content (AvgIpc) is 2.26. The molecule has 0 saturated carbocycles. The van der Waals surface area contributed by atoms with Crippen LogP contribution in [-0.4, -0.2) is 23.7 Å². The summed E-state index contributed by atoms with van der Waals surface area (Å²) in [5.74, 6) is -0.922. The number of ether oxygens (including phenoxy) is 1. The lowest BCUT2D eigenvalue weighted by atomic mass is 10.2. The van der Waals surface area contributed by atoms with Gasteiger partial charge in [0.25, 0.3) is 0 Å². The first-order chi connectivity index (χ1) is 8.02. The summed E-state index contributed by atoms with van der Waals surface area (Å²) in [5, 5.41) is 11.6. The fraction of sp³-hybridized carbons (Fsp3) is 0.364. The lowest BCUT2D eigenvalue weighted by molar-refractivity contribution is -0.137. The van der Waals surface area contributed by atoms with Crippen LogP contribution < -0.4 is 10.1 Å². The molecule has 1 aromatic rings. The first kappa shape index (κ1) is 13.2. The number of aliphatic carboxylic acids is 1. The first-order valence-corrected chi connectivity index (χ1v) is 5.07. The Balaban J connectivity index is 2.64. The minimum absolute atomic E-state index is 0.0360. The van der Waals surface area contributed by atoms with Crippen LogP contribution in [0.2, 0.25) is 0 Å². The van der Waals surface area contributed by atoms with E-state index in [2.05, 4.69) is 10.1 Å². The molecular weight excluding hydrogens is 232 g/mol. The summed E-state index contributed by atoms with van der Waals surface area (Å²) in [5.41, 5.74) is 0.542. The highest BCUT2D eigenvalue weighted by molar-refractivity contribution is 5.77. The number of carbonyl (C=O) groups is 1. The van der Waals surface area contributed by atoms with Crippen LogP contribution in [0.5, 0.6) is 5.75 Å². The van der Waals surface area contributed by atoms with Crippen molar-refractivity contribution in [1.29, 1.82) is 0 Å². The smallest absolute Gasteiger partial charge is 0.387 e. The van der Waals surface area contributed by atoms with Crippen LogP contribution in [0.3, 0.4) is 0 Å². The van der Waals surface area contributed by atoms with Gasteiger partial charge in [0, 0.05) is 5.69 Å². The monoisotopic (exact) mass is 245 g/mol. The van der Waals surface area contributed by atoms with Crippen molar-refractivity contribution in [3.8, 4) is 5.75 Å². The van der Waals surface area contributed by atoms with Gasteiger partial charge >= 0.3 is 12.6 Å². The zero-order valence-corrected chi connectivity index (χ0v) is 9.19. The molecule has 17 heavy (non-hydrogen) atoms. The van der Waals surface area contributed by atoms with Gasteiger partial charge in [-0.2, -0.15) is 8.78 Å². The van der Waals surface area contributed by atoms with Gasteiger partial charge in [-0.1, -0.05) is 6.92 Å². The molecule has 0 aliphatic heterocycles. The fourth-order valence-corrected chi connectivity index (χ4v) is 1.27. The highest BCUT2D eigenvalue weighted by Gasteiger charge is 2.14. The van der Waals surface area contributed by atoms with E-state index in [0.717, 1.165) is 0 Å². The Hall–Kier alpha value is -1.85. The molecule has 0 fully saturated rings. The number of anilines is 1. The third-order valence-electron chi connectivity index (χ3n) is 2.13. The van der Waals surface area contributed by atoms with Crippen molar-refractivity contribution in [3.05, 3.63) is 24.3 Å². The summed E-state index contributed by atoms with van der Waals surface area (Å²) in [7, 11) is 0. The Kier molecular flexibility index (Phi) is 4.68. The summed E-state index contributed by atoms with van der Waals surface area (Å²) >= 11 is 0. The standard InChI is InChI=1S/C11H13F2NO3/c1-2-9(10(15)16)14-7-3-5-8(6-4-7)17-11(12)13/h3-6,9,11,14H,2H2,1H3,(H,15,16). The van der Waals surface area contributed by atoms with Gasteiger partial charge in [0.2, 0.25) is 0 Å². The molecule has 0 amide bonds. The number of nitrogens with one attached hydrogen (secondary N) is 1. The largest absolute Gasteiger partial charge is 0.480 e. The topological polar surface area (TPSA) is 58.6 Å². The molecule has 0 bridgehead atoms. The van der Waals surface area contributed by atoms with E-state index in [1.165, 1.54) is 24.3 Å². The van der Waals surface area contributed by atoms with Gasteiger partial charge < -0.3 is 15.2 Å². The lowest BCUT2D eigenvalue weighted by Crippen LogP contribution is -2.28. The van der Waals surface area contributed by atoms with Gasteiger partial charge in [0.05, 0.1) is 0 Å². The SMILES string of the molecule is CCC(Nc1ccc(OC(F)F)cc1)C(=O)O. The Bertz CT molecular complexity index is 367. The molecule has 1 unspecified atom stereocenters. The van der Waals surface area contributed by atoms with Crippen LogP contribution in [0, 0.1) is 0 Å². The Morgan fingerprint density at radius 3 is 2.41 bits per heavy atom. The molecule has 1 rings (SSSR count). The van der Waals surface area contributed by atoms with Crippen molar-refractivity contribution >= 4 is 11.7 Å². The van der Waals surface area contributed by atoms with Crippen molar-refractivity contribution in [2.45, 2.75) is 26.0 Å². The molecule has 4 nitrogen and oxygen atoms in total. The van der Waals surface area contributed by atoms with Crippen LogP contribution in [0.4, 0.5) is 14.5 Å². The minimum Gasteiger partial charge on any atom is -0.480 e. The Labute approximate surface area is 97.2 Å². The molecule has 0 spiro atoms. The molecule has 0 heterocycles. The number of hydrogen-bond donors (Lipinski definition) is 2. The zero-order chi connectivity index (χ0) is 12.8. The van der Waals surface area contributed by atoms with E-state index in [9.17, 15) is 13.6 Å². The molecule has 0 aliphatic carbocycles. The second-order valence-electron chi connectivity index (χ2n) is 3.35. The summed E-state index contributed by atoms with van der Waals surface area (Å²) < 4.78 is 27.9. The molecule has 94 valence electrons. The molecule has 2 N–H and O–H groups in total. The lowest BCUT2D eigenvalue weighted by Gasteiger charge is -2.14. The molecule has 1 atom stereocenters. The molecule has 0 saturated heterocycles. The third kappa shape index (κ3) is 4.26. The van der Waals surface area contributed by atoms with Crippen LogP contribution in [0.25, 0.3) is 0 Å². The van der Waals surface area contributed by atoms with E-state index in [1.54, 1.807) is 6.92 Å². The molecule has 1 aromatic carbocycles. The Morgan fingerprint density at radius 2 is 2.00 bits per heavy atom. The van der Waals surface area contributed by atoms with Crippen LogP contribution >= 0.6 is 0 Å². The summed E-state index contributed by atoms with van der Waals surface area (Å²) in [4.78, 5) is 10.8. The van der Waals surface area contributed by atoms with Crippen molar-refractivity contribution < 1.29 is 23.4 Å². The third-order valence-corrected chi connectivity index (χ3v) is 2.13. The second kappa shape index (κ2) is 6.03. The maximum Gasteiger partial charge on any atom is 0.387 e. The normalized spacial score (nSPS) is 12.2. The number of alkyl halides is 2. The molecule has 6 heteroatoms. The number of hydrogen-bond acceptors (Lipinski definition) is 3. The molecular formula is C11H13F2NO3. The maximum absolute atomic E-state index is 11.9. The predicted molar refractivity (Wildman–Crippen MR) is 58.4 cm³/mol. The minimum atomic E-state index is -2.86. The van der Waals surface area contributed by atoms with Crippen LogP contribution in [-0.2, 0) is 4.79 Å². The number of halogens is 2. The molecule has 0 radical (unpaired) electrons. The zero-order valence-electron chi connectivity index (χ0n) is 9.19. The van der Waals surface area contributed by atoms with Crippen LogP contribution in [0.1, 0.15) is 13.3 Å². The van der Waals surface area contributed by atoms with Crippen molar-refractivity contribution in [3.63, 3.8) is 0 Å². The quantitative estimate of drug-likeness (QED) is 0.808. The first-order valence-electron chi connectivity index (χ1n) is 5.07. The van der Waals surface area contributed by atoms with Crippen LogP contribution in [0.15, 0.2) is 24.3 Å². The highest BCUT2D eigenvalue weighted by atomic mass is 19.3. The summed E-state index contributed by atoms with van der Waals surface area (Å²) in [6.07, 6.45) is 0.421. The Morgan fingerprint density at radius 1 is 1.41 bits per heavy atom. The fourth-order valence-electron chi connectivity index (χ4n) is 1.27. The van der Waals surface area contributed by atoms with Gasteiger partial charge in [0.15, 0.2) is 0 Å². The molecule has 0 aromatic heterocycles.